The van der Waals surface area contributed by atoms with Gasteiger partial charge in [-0.05, 0) is 18.8 Å². The van der Waals surface area contributed by atoms with Crippen LogP contribution in [0.25, 0.3) is 4.96 Å². The van der Waals surface area contributed by atoms with Gasteiger partial charge in [-0.3, -0.25) is 9.20 Å². The van der Waals surface area contributed by atoms with Gasteiger partial charge in [0.25, 0.3) is 0 Å². The predicted octanol–water partition coefficient (Wildman–Crippen LogP) is 3.49. The highest BCUT2D eigenvalue weighted by Gasteiger charge is 2.18. The molecule has 0 amide bonds. The molecule has 1 aliphatic rings. The number of carbonyl (C=O) groups excluding carboxylic acids is 1. The van der Waals surface area contributed by atoms with E-state index in [1.807, 2.05) is 16.0 Å². The van der Waals surface area contributed by atoms with Gasteiger partial charge in [-0.15, -0.1) is 23.1 Å². The predicted molar refractivity (Wildman–Crippen MR) is 71.1 cm³/mol. The fourth-order valence-corrected chi connectivity index (χ4v) is 4.32. The van der Waals surface area contributed by atoms with Gasteiger partial charge in [0.05, 0.1) is 0 Å². The van der Waals surface area contributed by atoms with E-state index >= 15 is 0 Å². The van der Waals surface area contributed by atoms with Crippen molar-refractivity contribution >= 4 is 34.3 Å². The number of rotatable bonds is 4. The third-order valence-electron chi connectivity index (χ3n) is 3.31. The molecule has 1 fully saturated rings. The molecule has 17 heavy (non-hydrogen) atoms. The topological polar surface area (TPSA) is 34.4 Å². The molecule has 3 nitrogen and oxygen atoms in total. The van der Waals surface area contributed by atoms with Crippen LogP contribution in [0.4, 0.5) is 0 Å². The van der Waals surface area contributed by atoms with E-state index in [-0.39, 0.29) is 0 Å². The Morgan fingerprint density at radius 1 is 1.53 bits per heavy atom. The number of aromatic nitrogens is 2. The van der Waals surface area contributed by atoms with E-state index in [4.69, 9.17) is 0 Å². The van der Waals surface area contributed by atoms with Gasteiger partial charge in [0, 0.05) is 17.3 Å². The van der Waals surface area contributed by atoms with Gasteiger partial charge < -0.3 is 0 Å². The van der Waals surface area contributed by atoms with Crippen LogP contribution >= 0.6 is 23.1 Å². The molecule has 2 heterocycles. The van der Waals surface area contributed by atoms with E-state index in [0.717, 1.165) is 27.9 Å². The van der Waals surface area contributed by atoms with Gasteiger partial charge in [0.2, 0.25) is 0 Å². The van der Waals surface area contributed by atoms with Crippen LogP contribution in [0.3, 0.4) is 0 Å². The van der Waals surface area contributed by atoms with Crippen molar-refractivity contribution in [3.63, 3.8) is 0 Å². The molecule has 2 aromatic heterocycles. The maximum atomic E-state index is 11.1. The van der Waals surface area contributed by atoms with Crippen LogP contribution in [-0.2, 0) is 0 Å². The van der Waals surface area contributed by atoms with Gasteiger partial charge in [0.1, 0.15) is 10.7 Å². The minimum atomic E-state index is 0.712. The normalized spacial score (nSPS) is 16.9. The minimum Gasteiger partial charge on any atom is -0.296 e. The maximum absolute atomic E-state index is 11.1. The first-order valence-electron chi connectivity index (χ1n) is 5.92. The molecule has 0 spiro atoms. The zero-order valence-corrected chi connectivity index (χ0v) is 11.1. The first-order chi connectivity index (χ1) is 8.38. The average Bonchev–Trinajstić information content (AvgIpc) is 3.02. The summed E-state index contributed by atoms with van der Waals surface area (Å²) in [5, 5.41) is 2.86. The van der Waals surface area contributed by atoms with Crippen LogP contribution in [0.2, 0.25) is 0 Å². The van der Waals surface area contributed by atoms with E-state index in [9.17, 15) is 4.79 Å². The molecule has 0 saturated heterocycles. The summed E-state index contributed by atoms with van der Waals surface area (Å²) in [5.74, 6) is 1.92. The lowest BCUT2D eigenvalue weighted by molar-refractivity contribution is 0.111. The van der Waals surface area contributed by atoms with E-state index < -0.39 is 0 Å². The Morgan fingerprint density at radius 2 is 2.35 bits per heavy atom. The molecule has 1 aliphatic carbocycles. The lowest BCUT2D eigenvalue weighted by Gasteiger charge is -2.06. The first-order valence-corrected chi connectivity index (χ1v) is 7.78. The van der Waals surface area contributed by atoms with E-state index in [2.05, 4.69) is 4.98 Å². The van der Waals surface area contributed by atoms with E-state index in [1.165, 1.54) is 25.7 Å². The van der Waals surface area contributed by atoms with Crippen LogP contribution in [0.5, 0.6) is 0 Å². The monoisotopic (exact) mass is 266 g/mol. The molecule has 0 aromatic carbocycles. The molecule has 2 aromatic rings. The summed E-state index contributed by atoms with van der Waals surface area (Å²) < 4.78 is 1.88. The summed E-state index contributed by atoms with van der Waals surface area (Å²) in [6.07, 6.45) is 8.24. The molecule has 0 atom stereocenters. The molecule has 0 bridgehead atoms. The van der Waals surface area contributed by atoms with Gasteiger partial charge in [-0.2, -0.15) is 0 Å². The Bertz CT molecular complexity index is 526. The second-order valence-electron chi connectivity index (χ2n) is 4.44. The Labute approximate surface area is 108 Å². The van der Waals surface area contributed by atoms with Crippen molar-refractivity contribution in [2.45, 2.75) is 30.7 Å². The number of hydrogen-bond acceptors (Lipinski definition) is 4. The van der Waals surface area contributed by atoms with Gasteiger partial charge in [0.15, 0.2) is 11.2 Å². The SMILES string of the molecule is O=Cc1c(SCC2CCCC2)nc2sccn12. The van der Waals surface area contributed by atoms with Crippen molar-refractivity contribution in [2.24, 2.45) is 5.92 Å². The van der Waals surface area contributed by atoms with Crippen LogP contribution in [0.1, 0.15) is 36.2 Å². The molecule has 90 valence electrons. The number of imidazole rings is 1. The first kappa shape index (κ1) is 11.3. The summed E-state index contributed by atoms with van der Waals surface area (Å²) in [6, 6.07) is 0. The van der Waals surface area contributed by atoms with Crippen molar-refractivity contribution in [3.8, 4) is 0 Å². The van der Waals surface area contributed by atoms with Crippen molar-refractivity contribution in [3.05, 3.63) is 17.3 Å². The summed E-state index contributed by atoms with van der Waals surface area (Å²) in [4.78, 5) is 16.6. The molecule has 1 saturated carbocycles. The van der Waals surface area contributed by atoms with Crippen LogP contribution < -0.4 is 0 Å². The largest absolute Gasteiger partial charge is 0.296 e. The zero-order chi connectivity index (χ0) is 11.7. The van der Waals surface area contributed by atoms with Crippen molar-refractivity contribution in [2.75, 3.05) is 5.75 Å². The molecule has 0 radical (unpaired) electrons. The number of thioether (sulfide) groups is 1. The lowest BCUT2D eigenvalue weighted by atomic mass is 10.1. The Morgan fingerprint density at radius 3 is 3.12 bits per heavy atom. The standard InChI is InChI=1S/C12H14N2OS2/c15-7-10-11(13-12-14(10)5-6-16-12)17-8-9-3-1-2-4-9/h5-7,9H,1-4,8H2. The highest BCUT2D eigenvalue weighted by molar-refractivity contribution is 7.99. The van der Waals surface area contributed by atoms with Crippen molar-refractivity contribution < 1.29 is 4.79 Å². The highest BCUT2D eigenvalue weighted by Crippen LogP contribution is 2.32. The molecular weight excluding hydrogens is 252 g/mol. The van der Waals surface area contributed by atoms with Crippen molar-refractivity contribution in [1.82, 2.24) is 9.38 Å². The second kappa shape index (κ2) is 4.82. The summed E-state index contributed by atoms with van der Waals surface area (Å²) in [5.41, 5.74) is 0.712. The van der Waals surface area contributed by atoms with Crippen LogP contribution in [0, 0.1) is 5.92 Å². The summed E-state index contributed by atoms with van der Waals surface area (Å²) in [7, 11) is 0. The lowest BCUT2D eigenvalue weighted by Crippen LogP contribution is -1.97. The van der Waals surface area contributed by atoms with Crippen molar-refractivity contribution in [1.29, 1.82) is 0 Å². The van der Waals surface area contributed by atoms with Crippen LogP contribution in [0.15, 0.2) is 16.6 Å². The number of hydrogen-bond donors (Lipinski definition) is 0. The quantitative estimate of drug-likeness (QED) is 0.627. The average molecular weight is 266 g/mol. The van der Waals surface area contributed by atoms with Crippen LogP contribution in [-0.4, -0.2) is 21.4 Å². The Kier molecular flexibility index (Phi) is 3.20. The Balaban J connectivity index is 1.79. The third kappa shape index (κ3) is 2.13. The number of carbonyl (C=O) groups is 1. The minimum absolute atomic E-state index is 0.712. The summed E-state index contributed by atoms with van der Waals surface area (Å²) >= 11 is 3.32. The molecule has 0 aliphatic heterocycles. The fourth-order valence-electron chi connectivity index (χ4n) is 2.37. The number of nitrogens with zero attached hydrogens (tertiary/aromatic N) is 2. The molecule has 3 rings (SSSR count). The van der Waals surface area contributed by atoms with E-state index in [0.29, 0.717) is 5.69 Å². The molecule has 5 heteroatoms. The zero-order valence-electron chi connectivity index (χ0n) is 9.46. The van der Waals surface area contributed by atoms with Gasteiger partial charge in [-0.25, -0.2) is 4.98 Å². The highest BCUT2D eigenvalue weighted by atomic mass is 32.2. The maximum Gasteiger partial charge on any atom is 0.195 e. The molecule has 0 N–H and O–H groups in total. The number of fused-ring (bicyclic) bond motifs is 1. The number of thiazole rings is 1. The third-order valence-corrected chi connectivity index (χ3v) is 5.28. The second-order valence-corrected chi connectivity index (χ2v) is 6.32. The summed E-state index contributed by atoms with van der Waals surface area (Å²) in [6.45, 7) is 0. The Hall–Kier alpha value is -0.810. The van der Waals surface area contributed by atoms with Gasteiger partial charge in [-0.1, -0.05) is 12.8 Å². The molecule has 0 unspecified atom stereocenters. The van der Waals surface area contributed by atoms with E-state index in [1.54, 1.807) is 23.1 Å². The smallest absolute Gasteiger partial charge is 0.195 e. The fraction of sp³-hybridized carbons (Fsp3) is 0.500. The van der Waals surface area contributed by atoms with Gasteiger partial charge >= 0.3 is 0 Å². The molecular formula is C12H14N2OS2. The number of aldehydes is 1.